The van der Waals surface area contributed by atoms with Gasteiger partial charge in [0.25, 0.3) is 0 Å². The summed E-state index contributed by atoms with van der Waals surface area (Å²) < 4.78 is 26.1. The smallest absolute Gasteiger partial charge is 0.345 e. The Morgan fingerprint density at radius 1 is 0.667 bits per heavy atom. The molecule has 146 valence electrons. The van der Waals surface area contributed by atoms with Crippen LogP contribution in [0.5, 0.6) is 0 Å². The Balaban J connectivity index is 2.01. The monoisotopic (exact) mass is 376 g/mol. The van der Waals surface area contributed by atoms with E-state index in [0.717, 1.165) is 5.56 Å². The zero-order valence-corrected chi connectivity index (χ0v) is 15.1. The number of benzene rings is 1. The molecule has 0 bridgehead atoms. The van der Waals surface area contributed by atoms with E-state index in [1.807, 2.05) is 30.3 Å². The molecule has 1 aliphatic rings. The van der Waals surface area contributed by atoms with Crippen LogP contribution >= 0.6 is 0 Å². The summed E-state index contributed by atoms with van der Waals surface area (Å²) in [5, 5.41) is 0. The van der Waals surface area contributed by atoms with Gasteiger partial charge in [-0.1, -0.05) is 42.5 Å². The molecule has 1 aromatic carbocycles. The van der Waals surface area contributed by atoms with Crippen molar-refractivity contribution in [3.05, 3.63) is 53.6 Å². The van der Waals surface area contributed by atoms with E-state index in [0.29, 0.717) is 26.4 Å². The maximum absolute atomic E-state index is 12.2. The summed E-state index contributed by atoms with van der Waals surface area (Å²) in [6.45, 7) is 2.15. The van der Waals surface area contributed by atoms with Crippen LogP contribution in [0.1, 0.15) is 5.56 Å². The van der Waals surface area contributed by atoms with Crippen LogP contribution < -0.4 is 0 Å². The first-order valence-electron chi connectivity index (χ1n) is 8.78. The van der Waals surface area contributed by atoms with Gasteiger partial charge in [0.1, 0.15) is 18.8 Å². The van der Waals surface area contributed by atoms with Crippen LogP contribution in [-0.4, -0.2) is 64.8 Å². The predicted octanol–water partition coefficient (Wildman–Crippen LogP) is 1.78. The summed E-state index contributed by atoms with van der Waals surface area (Å²) >= 11 is 0. The number of allylic oxidation sites excluding steroid dienone is 2. The molecule has 2 rings (SSSR count). The van der Waals surface area contributed by atoms with Gasteiger partial charge in [0, 0.05) is 0 Å². The highest BCUT2D eigenvalue weighted by molar-refractivity contribution is 6.14. The van der Waals surface area contributed by atoms with Crippen LogP contribution in [0.2, 0.25) is 0 Å². The van der Waals surface area contributed by atoms with Gasteiger partial charge in [-0.05, 0) is 11.6 Å². The molecule has 0 unspecified atom stereocenters. The van der Waals surface area contributed by atoms with E-state index in [-0.39, 0.29) is 32.0 Å². The molecule has 0 atom stereocenters. The van der Waals surface area contributed by atoms with Crippen molar-refractivity contribution in [2.45, 2.75) is 0 Å². The summed E-state index contributed by atoms with van der Waals surface area (Å²) in [5.74, 6) is -1.52. The highest BCUT2D eigenvalue weighted by atomic mass is 16.6. The second kappa shape index (κ2) is 12.8. The predicted molar refractivity (Wildman–Crippen MR) is 97.9 cm³/mol. The lowest BCUT2D eigenvalue weighted by Crippen LogP contribution is -2.22. The molecule has 0 saturated carbocycles. The van der Waals surface area contributed by atoms with Crippen LogP contribution in [0.15, 0.2) is 48.1 Å². The number of hydrogen-bond acceptors (Lipinski definition) is 7. The van der Waals surface area contributed by atoms with Gasteiger partial charge in [-0.25, -0.2) is 9.59 Å². The second-order valence-electron chi connectivity index (χ2n) is 5.46. The van der Waals surface area contributed by atoms with Gasteiger partial charge in [0.2, 0.25) is 0 Å². The van der Waals surface area contributed by atoms with Crippen LogP contribution in [0.4, 0.5) is 0 Å². The minimum absolute atomic E-state index is 0.0367. The Kier molecular flexibility index (Phi) is 9.88. The summed E-state index contributed by atoms with van der Waals surface area (Å²) in [5.41, 5.74) is 0.755. The molecule has 0 aliphatic carbocycles. The van der Waals surface area contributed by atoms with Crippen LogP contribution in [0.3, 0.4) is 0 Å². The first-order chi connectivity index (χ1) is 13.3. The Morgan fingerprint density at radius 2 is 1.15 bits per heavy atom. The average Bonchev–Trinajstić information content (AvgIpc) is 2.68. The zero-order chi connectivity index (χ0) is 19.2. The molecule has 1 saturated heterocycles. The maximum Gasteiger partial charge on any atom is 0.345 e. The van der Waals surface area contributed by atoms with E-state index >= 15 is 0 Å². The third-order valence-electron chi connectivity index (χ3n) is 3.46. The van der Waals surface area contributed by atoms with Gasteiger partial charge in [0.15, 0.2) is 0 Å². The first-order valence-corrected chi connectivity index (χ1v) is 8.78. The molecule has 0 aromatic heterocycles. The number of cyclic esters (lactones) is 2. The number of carbonyl (C=O) groups excluding carboxylic acids is 2. The summed E-state index contributed by atoms with van der Waals surface area (Å²) in [7, 11) is 0. The highest BCUT2D eigenvalue weighted by Gasteiger charge is 2.20. The fourth-order valence-corrected chi connectivity index (χ4v) is 2.12. The average molecular weight is 376 g/mol. The Morgan fingerprint density at radius 3 is 1.67 bits per heavy atom. The van der Waals surface area contributed by atoms with E-state index in [9.17, 15) is 9.59 Å². The fourth-order valence-electron chi connectivity index (χ4n) is 2.12. The van der Waals surface area contributed by atoms with Crippen LogP contribution in [-0.2, 0) is 33.3 Å². The van der Waals surface area contributed by atoms with Crippen molar-refractivity contribution < 1.29 is 33.3 Å². The van der Waals surface area contributed by atoms with Gasteiger partial charge in [-0.15, -0.1) is 0 Å². The van der Waals surface area contributed by atoms with Gasteiger partial charge >= 0.3 is 11.9 Å². The Bertz CT molecular complexity index is 609. The minimum Gasteiger partial charge on any atom is -0.459 e. The van der Waals surface area contributed by atoms with Crippen molar-refractivity contribution in [3.8, 4) is 0 Å². The lowest BCUT2D eigenvalue weighted by Gasteiger charge is -2.11. The lowest BCUT2D eigenvalue weighted by atomic mass is 10.2. The molecule has 1 fully saturated rings. The highest BCUT2D eigenvalue weighted by Crippen LogP contribution is 2.06. The van der Waals surface area contributed by atoms with E-state index in [4.69, 9.17) is 23.7 Å². The van der Waals surface area contributed by atoms with Crippen molar-refractivity contribution in [1.29, 1.82) is 0 Å². The van der Waals surface area contributed by atoms with Gasteiger partial charge in [-0.3, -0.25) is 0 Å². The van der Waals surface area contributed by atoms with Crippen LogP contribution in [0, 0.1) is 0 Å². The molecule has 0 radical (unpaired) electrons. The Labute approximate surface area is 158 Å². The standard InChI is InChI=1S/C20H24O7/c21-19-18(8-4-7-17-5-2-1-3-6-17)20(22)27-16-14-25-12-10-23-9-11-24-13-15-26-19/h1-8H,9-16H2/b7-4+. The molecule has 0 amide bonds. The molecule has 7 heteroatoms. The number of hydrogen-bond donors (Lipinski definition) is 0. The topological polar surface area (TPSA) is 80.3 Å². The van der Waals surface area contributed by atoms with Crippen molar-refractivity contribution in [1.82, 2.24) is 0 Å². The maximum atomic E-state index is 12.2. The first kappa shape index (κ1) is 20.8. The fraction of sp³-hybridized carbons (Fsp3) is 0.400. The zero-order valence-electron chi connectivity index (χ0n) is 15.1. The number of esters is 2. The number of ether oxygens (including phenoxy) is 5. The third kappa shape index (κ3) is 8.63. The lowest BCUT2D eigenvalue weighted by molar-refractivity contribution is -0.149. The molecule has 1 aliphatic heterocycles. The van der Waals surface area contributed by atoms with Gasteiger partial charge < -0.3 is 23.7 Å². The normalized spacial score (nSPS) is 18.7. The molecular formula is C20H24O7. The van der Waals surface area contributed by atoms with Crippen molar-refractivity contribution >= 4 is 18.0 Å². The van der Waals surface area contributed by atoms with Crippen LogP contribution in [0.25, 0.3) is 6.08 Å². The van der Waals surface area contributed by atoms with E-state index in [1.165, 1.54) is 6.08 Å². The number of rotatable bonds is 2. The molecule has 0 spiro atoms. The van der Waals surface area contributed by atoms with E-state index < -0.39 is 11.9 Å². The van der Waals surface area contributed by atoms with Crippen molar-refractivity contribution in [2.24, 2.45) is 0 Å². The molecule has 1 heterocycles. The van der Waals surface area contributed by atoms with Crippen molar-refractivity contribution in [3.63, 3.8) is 0 Å². The molecule has 7 nitrogen and oxygen atoms in total. The van der Waals surface area contributed by atoms with Gasteiger partial charge in [-0.2, -0.15) is 0 Å². The Hall–Kier alpha value is -2.48. The van der Waals surface area contributed by atoms with E-state index in [1.54, 1.807) is 12.2 Å². The van der Waals surface area contributed by atoms with Gasteiger partial charge in [0.05, 0.1) is 39.6 Å². The summed E-state index contributed by atoms with van der Waals surface area (Å²) in [4.78, 5) is 24.4. The second-order valence-corrected chi connectivity index (χ2v) is 5.46. The molecular weight excluding hydrogens is 352 g/mol. The quantitative estimate of drug-likeness (QED) is 0.442. The molecule has 1 aromatic rings. The van der Waals surface area contributed by atoms with E-state index in [2.05, 4.69) is 0 Å². The van der Waals surface area contributed by atoms with Crippen molar-refractivity contribution in [2.75, 3.05) is 52.9 Å². The molecule has 27 heavy (non-hydrogen) atoms. The minimum atomic E-state index is -0.759. The summed E-state index contributed by atoms with van der Waals surface area (Å²) in [6.07, 6.45) is 4.77. The largest absolute Gasteiger partial charge is 0.459 e. The summed E-state index contributed by atoms with van der Waals surface area (Å²) in [6, 6.07) is 9.51. The molecule has 0 N–H and O–H groups in total. The third-order valence-corrected chi connectivity index (χ3v) is 3.46. The number of carbonyl (C=O) groups is 2. The SMILES string of the molecule is O=C1OCCOCCOCCOCCOC(=O)C1=C/C=C/c1ccccc1.